The summed E-state index contributed by atoms with van der Waals surface area (Å²) in [5, 5.41) is 0. The molecule has 2 rings (SSSR count). The maximum atomic E-state index is 12.0. The Balaban J connectivity index is 2.72. The Morgan fingerprint density at radius 3 is 2.76 bits per heavy atom. The molecular weight excluding hydrogens is 214 g/mol. The number of H-pyrrole nitrogens is 1. The van der Waals surface area contributed by atoms with Crippen LogP contribution in [0.15, 0.2) is 23.0 Å². The van der Waals surface area contributed by atoms with Crippen molar-refractivity contribution >= 4 is 11.0 Å². The predicted molar refractivity (Wildman–Crippen MR) is 70.3 cm³/mol. The van der Waals surface area contributed by atoms with Gasteiger partial charge in [-0.05, 0) is 51.4 Å². The highest BCUT2D eigenvalue weighted by Crippen LogP contribution is 2.23. The maximum absolute atomic E-state index is 12.0. The molecule has 1 aromatic carbocycles. The first-order valence-electron chi connectivity index (χ1n) is 5.87. The molecule has 0 aliphatic heterocycles. The first-order valence-corrected chi connectivity index (χ1v) is 5.87. The van der Waals surface area contributed by atoms with Crippen LogP contribution >= 0.6 is 0 Å². The van der Waals surface area contributed by atoms with Crippen molar-refractivity contribution in [3.63, 3.8) is 0 Å². The van der Waals surface area contributed by atoms with Gasteiger partial charge in [0, 0.05) is 5.54 Å². The minimum atomic E-state index is -0.266. The second-order valence-electron chi connectivity index (χ2n) is 5.14. The number of aromatic nitrogens is 2. The Morgan fingerprint density at radius 2 is 2.12 bits per heavy atom. The molecule has 1 heterocycles. The van der Waals surface area contributed by atoms with Gasteiger partial charge in [0.2, 0.25) is 0 Å². The van der Waals surface area contributed by atoms with E-state index in [1.165, 1.54) is 0 Å². The van der Waals surface area contributed by atoms with E-state index >= 15 is 0 Å². The van der Waals surface area contributed by atoms with Crippen LogP contribution in [0, 0.1) is 6.92 Å². The Bertz CT molecular complexity index is 592. The molecular formula is C13H19N3O. The predicted octanol–water partition coefficient (Wildman–Crippen LogP) is 1.72. The molecule has 0 fully saturated rings. The van der Waals surface area contributed by atoms with Crippen molar-refractivity contribution in [1.82, 2.24) is 9.55 Å². The summed E-state index contributed by atoms with van der Waals surface area (Å²) in [5.41, 5.74) is 8.27. The van der Waals surface area contributed by atoms with Crippen molar-refractivity contribution in [2.24, 2.45) is 5.73 Å². The number of nitrogens with zero attached hydrogens (tertiary/aromatic N) is 1. The number of benzene rings is 1. The van der Waals surface area contributed by atoms with Gasteiger partial charge in [0.25, 0.3) is 0 Å². The normalized spacial score (nSPS) is 12.2. The van der Waals surface area contributed by atoms with E-state index in [2.05, 4.69) is 4.98 Å². The minimum absolute atomic E-state index is 0.0657. The van der Waals surface area contributed by atoms with Crippen LogP contribution in [0.4, 0.5) is 0 Å². The average Bonchev–Trinajstić information content (AvgIpc) is 2.53. The molecule has 0 bridgehead atoms. The zero-order chi connectivity index (χ0) is 12.6. The zero-order valence-electron chi connectivity index (χ0n) is 10.6. The van der Waals surface area contributed by atoms with E-state index in [0.717, 1.165) is 23.0 Å². The maximum Gasteiger partial charge on any atom is 0.326 e. The van der Waals surface area contributed by atoms with Gasteiger partial charge in [-0.2, -0.15) is 0 Å². The van der Waals surface area contributed by atoms with E-state index in [9.17, 15) is 4.79 Å². The van der Waals surface area contributed by atoms with E-state index in [1.54, 1.807) is 0 Å². The second kappa shape index (κ2) is 4.04. The van der Waals surface area contributed by atoms with Gasteiger partial charge >= 0.3 is 5.69 Å². The third-order valence-corrected chi connectivity index (χ3v) is 3.20. The summed E-state index contributed by atoms with van der Waals surface area (Å²) in [6.45, 7) is 6.67. The highest BCUT2D eigenvalue weighted by molar-refractivity contribution is 5.76. The summed E-state index contributed by atoms with van der Waals surface area (Å²) in [6, 6.07) is 5.98. The van der Waals surface area contributed by atoms with Crippen molar-refractivity contribution in [1.29, 1.82) is 0 Å². The van der Waals surface area contributed by atoms with Gasteiger partial charge in [0.05, 0.1) is 11.0 Å². The first-order chi connectivity index (χ1) is 7.95. The van der Waals surface area contributed by atoms with Crippen LogP contribution < -0.4 is 11.4 Å². The molecule has 0 radical (unpaired) electrons. The van der Waals surface area contributed by atoms with Gasteiger partial charge in [0.15, 0.2) is 0 Å². The van der Waals surface area contributed by atoms with Crippen molar-refractivity contribution in [2.75, 3.05) is 6.54 Å². The Morgan fingerprint density at radius 1 is 1.41 bits per heavy atom. The molecule has 0 saturated carbocycles. The van der Waals surface area contributed by atoms with Crippen LogP contribution in [-0.4, -0.2) is 16.1 Å². The van der Waals surface area contributed by atoms with E-state index in [-0.39, 0.29) is 11.2 Å². The van der Waals surface area contributed by atoms with Crippen molar-refractivity contribution < 1.29 is 0 Å². The standard InChI is InChI=1S/C13H19N3O/c1-9-4-5-10-11(8-9)16(12(17)15-10)13(2,3)6-7-14/h4-5,8H,6-7,14H2,1-3H3,(H,15,17). The molecule has 17 heavy (non-hydrogen) atoms. The topological polar surface area (TPSA) is 63.8 Å². The molecule has 1 aromatic heterocycles. The number of nitrogens with two attached hydrogens (primary N) is 1. The molecule has 3 N–H and O–H groups in total. The van der Waals surface area contributed by atoms with Crippen LogP contribution in [0.5, 0.6) is 0 Å². The van der Waals surface area contributed by atoms with Gasteiger partial charge in [-0.15, -0.1) is 0 Å². The third-order valence-electron chi connectivity index (χ3n) is 3.20. The van der Waals surface area contributed by atoms with Crippen molar-refractivity contribution in [2.45, 2.75) is 32.7 Å². The fourth-order valence-corrected chi connectivity index (χ4v) is 2.28. The number of hydrogen-bond donors (Lipinski definition) is 2. The lowest BCUT2D eigenvalue weighted by molar-refractivity contribution is 0.334. The number of fused-ring (bicyclic) bond motifs is 1. The molecule has 0 saturated heterocycles. The Hall–Kier alpha value is -1.55. The molecule has 4 heteroatoms. The number of aromatic amines is 1. The minimum Gasteiger partial charge on any atom is -0.330 e. The number of imidazole rings is 1. The fraction of sp³-hybridized carbons (Fsp3) is 0.462. The highest BCUT2D eigenvalue weighted by atomic mass is 16.1. The van der Waals surface area contributed by atoms with E-state index < -0.39 is 0 Å². The van der Waals surface area contributed by atoms with E-state index in [4.69, 9.17) is 5.73 Å². The summed E-state index contributed by atoms with van der Waals surface area (Å²) < 4.78 is 1.81. The van der Waals surface area contributed by atoms with Crippen LogP contribution in [0.25, 0.3) is 11.0 Å². The largest absolute Gasteiger partial charge is 0.330 e. The Labute approximate surface area is 100 Å². The quantitative estimate of drug-likeness (QED) is 0.847. The summed E-state index contributed by atoms with van der Waals surface area (Å²) in [4.78, 5) is 14.9. The lowest BCUT2D eigenvalue weighted by Gasteiger charge is -2.26. The van der Waals surface area contributed by atoms with Crippen LogP contribution in [-0.2, 0) is 5.54 Å². The highest BCUT2D eigenvalue weighted by Gasteiger charge is 2.23. The number of aryl methyl sites for hydroxylation is 1. The molecule has 4 nitrogen and oxygen atoms in total. The lowest BCUT2D eigenvalue weighted by atomic mass is 10.00. The number of hydrogen-bond acceptors (Lipinski definition) is 2. The van der Waals surface area contributed by atoms with Crippen LogP contribution in [0.3, 0.4) is 0 Å². The average molecular weight is 233 g/mol. The van der Waals surface area contributed by atoms with Gasteiger partial charge in [0.1, 0.15) is 0 Å². The smallest absolute Gasteiger partial charge is 0.326 e. The molecule has 0 spiro atoms. The van der Waals surface area contributed by atoms with Gasteiger partial charge in [-0.1, -0.05) is 6.07 Å². The van der Waals surface area contributed by atoms with E-state index in [0.29, 0.717) is 6.54 Å². The monoisotopic (exact) mass is 233 g/mol. The summed E-state index contributed by atoms with van der Waals surface area (Å²) >= 11 is 0. The number of rotatable bonds is 3. The number of nitrogens with one attached hydrogen (secondary N) is 1. The zero-order valence-corrected chi connectivity index (χ0v) is 10.6. The summed E-state index contributed by atoms with van der Waals surface area (Å²) in [7, 11) is 0. The SMILES string of the molecule is Cc1ccc2[nH]c(=O)n(C(C)(C)CCN)c2c1. The molecule has 0 amide bonds. The van der Waals surface area contributed by atoms with Crippen LogP contribution in [0.1, 0.15) is 25.8 Å². The molecule has 2 aromatic rings. The first kappa shape index (κ1) is 11.9. The fourth-order valence-electron chi connectivity index (χ4n) is 2.28. The van der Waals surface area contributed by atoms with Crippen LogP contribution in [0.2, 0.25) is 0 Å². The summed E-state index contributed by atoms with van der Waals surface area (Å²) in [5.74, 6) is 0. The molecule has 0 aliphatic carbocycles. The molecule has 0 atom stereocenters. The summed E-state index contributed by atoms with van der Waals surface area (Å²) in [6.07, 6.45) is 0.772. The van der Waals surface area contributed by atoms with E-state index in [1.807, 2.05) is 43.5 Å². The molecule has 92 valence electrons. The van der Waals surface area contributed by atoms with Gasteiger partial charge in [-0.3, -0.25) is 4.57 Å². The van der Waals surface area contributed by atoms with Gasteiger partial charge < -0.3 is 10.7 Å². The second-order valence-corrected chi connectivity index (χ2v) is 5.14. The lowest BCUT2D eigenvalue weighted by Crippen LogP contribution is -2.36. The van der Waals surface area contributed by atoms with Crippen molar-refractivity contribution in [3.05, 3.63) is 34.2 Å². The molecule has 0 aliphatic rings. The Kier molecular flexibility index (Phi) is 2.83. The van der Waals surface area contributed by atoms with Crippen molar-refractivity contribution in [3.8, 4) is 0 Å². The third kappa shape index (κ3) is 2.00. The van der Waals surface area contributed by atoms with Gasteiger partial charge in [-0.25, -0.2) is 4.79 Å². The molecule has 0 unspecified atom stereocenters.